The summed E-state index contributed by atoms with van der Waals surface area (Å²) < 4.78 is 0. The van der Waals surface area contributed by atoms with Crippen molar-refractivity contribution in [3.63, 3.8) is 0 Å². The maximum atomic E-state index is 12.3. The van der Waals surface area contributed by atoms with Crippen molar-refractivity contribution in [3.8, 4) is 12.3 Å². The highest BCUT2D eigenvalue weighted by molar-refractivity contribution is 5.82. The molecular formula is C19H29N3O2. The second-order valence-electron chi connectivity index (χ2n) is 7.97. The molecule has 5 nitrogen and oxygen atoms in total. The molecule has 0 aliphatic heterocycles. The Kier molecular flexibility index (Phi) is 5.15. The summed E-state index contributed by atoms with van der Waals surface area (Å²) in [5.41, 5.74) is 0. The first-order valence-electron chi connectivity index (χ1n) is 9.21. The predicted octanol–water partition coefficient (Wildman–Crippen LogP) is 1.14. The van der Waals surface area contributed by atoms with Gasteiger partial charge in [-0.3, -0.25) is 9.59 Å². The van der Waals surface area contributed by atoms with Crippen LogP contribution in [-0.2, 0) is 9.59 Å². The summed E-state index contributed by atoms with van der Waals surface area (Å²) in [5.74, 6) is 3.36. The molecule has 0 heterocycles. The molecule has 2 amide bonds. The van der Waals surface area contributed by atoms with Gasteiger partial charge in [-0.2, -0.15) is 0 Å². The van der Waals surface area contributed by atoms with Crippen LogP contribution in [0.4, 0.5) is 0 Å². The highest BCUT2D eigenvalue weighted by atomic mass is 16.2. The summed E-state index contributed by atoms with van der Waals surface area (Å²) >= 11 is 0. The molecule has 0 unspecified atom stereocenters. The van der Waals surface area contributed by atoms with Gasteiger partial charge in [0.25, 0.3) is 0 Å². The number of amides is 2. The van der Waals surface area contributed by atoms with Crippen LogP contribution < -0.4 is 10.6 Å². The molecule has 3 aliphatic carbocycles. The molecule has 2 atom stereocenters. The van der Waals surface area contributed by atoms with E-state index in [9.17, 15) is 9.59 Å². The maximum absolute atomic E-state index is 12.3. The van der Waals surface area contributed by atoms with Gasteiger partial charge in [-0.05, 0) is 59.0 Å². The summed E-state index contributed by atoms with van der Waals surface area (Å²) in [7, 11) is 4.14. The Morgan fingerprint density at radius 3 is 1.96 bits per heavy atom. The van der Waals surface area contributed by atoms with Crippen LogP contribution in [0.1, 0.15) is 44.9 Å². The lowest BCUT2D eigenvalue weighted by atomic mass is 9.78. The molecule has 0 aromatic rings. The zero-order valence-electron chi connectivity index (χ0n) is 14.8. The third-order valence-corrected chi connectivity index (χ3v) is 5.98. The van der Waals surface area contributed by atoms with Gasteiger partial charge in [0.15, 0.2) is 0 Å². The van der Waals surface area contributed by atoms with Gasteiger partial charge in [-0.15, -0.1) is 12.3 Å². The third-order valence-electron chi connectivity index (χ3n) is 5.98. The zero-order chi connectivity index (χ0) is 17.3. The van der Waals surface area contributed by atoms with Crippen molar-refractivity contribution in [1.82, 2.24) is 15.5 Å². The Bertz CT molecular complexity index is 525. The van der Waals surface area contributed by atoms with Crippen LogP contribution in [-0.4, -0.2) is 48.9 Å². The van der Waals surface area contributed by atoms with Crippen LogP contribution in [0, 0.1) is 30.1 Å². The van der Waals surface area contributed by atoms with Gasteiger partial charge in [-0.25, -0.2) is 0 Å². The number of terminal acetylenes is 1. The Morgan fingerprint density at radius 1 is 0.958 bits per heavy atom. The Labute approximate surface area is 144 Å². The molecule has 3 aliphatic rings. The van der Waals surface area contributed by atoms with Gasteiger partial charge in [0, 0.05) is 30.0 Å². The van der Waals surface area contributed by atoms with E-state index < -0.39 is 0 Å². The highest BCUT2D eigenvalue weighted by Crippen LogP contribution is 2.38. The van der Waals surface area contributed by atoms with E-state index in [0.29, 0.717) is 6.04 Å². The Morgan fingerprint density at radius 2 is 1.50 bits per heavy atom. The van der Waals surface area contributed by atoms with E-state index in [2.05, 4.69) is 35.5 Å². The molecule has 3 saturated carbocycles. The van der Waals surface area contributed by atoms with Crippen molar-refractivity contribution in [2.24, 2.45) is 17.8 Å². The second kappa shape index (κ2) is 7.14. The Balaban J connectivity index is 1.33. The molecule has 3 rings (SSSR count). The van der Waals surface area contributed by atoms with E-state index in [1.165, 1.54) is 0 Å². The normalized spacial score (nSPS) is 37.9. The van der Waals surface area contributed by atoms with Crippen molar-refractivity contribution in [3.05, 3.63) is 0 Å². The number of hydrogen-bond donors (Lipinski definition) is 2. The molecule has 3 fully saturated rings. The summed E-state index contributed by atoms with van der Waals surface area (Å²) in [6.07, 6.45) is 11.9. The average Bonchev–Trinajstić information content (AvgIpc) is 3.27. The summed E-state index contributed by atoms with van der Waals surface area (Å²) in [6, 6.07) is 1.07. The first-order valence-corrected chi connectivity index (χ1v) is 9.21. The zero-order valence-corrected chi connectivity index (χ0v) is 14.8. The fraction of sp³-hybridized carbons (Fsp3) is 0.789. The van der Waals surface area contributed by atoms with Crippen LogP contribution in [0.5, 0.6) is 0 Å². The van der Waals surface area contributed by atoms with Crippen LogP contribution in [0.25, 0.3) is 0 Å². The monoisotopic (exact) mass is 331 g/mol. The molecule has 0 radical (unpaired) electrons. The van der Waals surface area contributed by atoms with E-state index >= 15 is 0 Å². The molecule has 5 heteroatoms. The molecule has 0 bridgehead atoms. The Hall–Kier alpha value is -1.54. The fourth-order valence-corrected chi connectivity index (χ4v) is 3.90. The van der Waals surface area contributed by atoms with E-state index in [1.807, 2.05) is 0 Å². The number of nitrogens with zero attached hydrogens (tertiary/aromatic N) is 1. The van der Waals surface area contributed by atoms with Gasteiger partial charge in [0.2, 0.25) is 11.8 Å². The van der Waals surface area contributed by atoms with E-state index in [-0.39, 0.29) is 41.7 Å². The lowest BCUT2D eigenvalue weighted by molar-refractivity contribution is -0.130. The van der Waals surface area contributed by atoms with Crippen LogP contribution in [0.15, 0.2) is 0 Å². The van der Waals surface area contributed by atoms with Gasteiger partial charge < -0.3 is 15.5 Å². The number of carbonyl (C=O) groups is 2. The summed E-state index contributed by atoms with van der Waals surface area (Å²) in [5, 5.41) is 6.34. The first kappa shape index (κ1) is 17.3. The van der Waals surface area contributed by atoms with Gasteiger partial charge in [0.1, 0.15) is 0 Å². The van der Waals surface area contributed by atoms with Crippen LogP contribution in [0.2, 0.25) is 0 Å². The number of carbonyl (C=O) groups excluding carboxylic acids is 2. The predicted molar refractivity (Wildman–Crippen MR) is 93.0 cm³/mol. The molecule has 24 heavy (non-hydrogen) atoms. The largest absolute Gasteiger partial charge is 0.353 e. The van der Waals surface area contributed by atoms with Gasteiger partial charge in [-0.1, -0.05) is 0 Å². The van der Waals surface area contributed by atoms with Crippen molar-refractivity contribution in [2.75, 3.05) is 14.1 Å². The van der Waals surface area contributed by atoms with Crippen molar-refractivity contribution >= 4 is 11.8 Å². The third kappa shape index (κ3) is 3.92. The molecule has 132 valence electrons. The smallest absolute Gasteiger partial charge is 0.224 e. The maximum Gasteiger partial charge on any atom is 0.224 e. The fourth-order valence-electron chi connectivity index (χ4n) is 3.90. The van der Waals surface area contributed by atoms with Crippen molar-refractivity contribution in [2.45, 2.75) is 63.1 Å². The lowest BCUT2D eigenvalue weighted by Gasteiger charge is -2.39. The lowest BCUT2D eigenvalue weighted by Crippen LogP contribution is -2.50. The summed E-state index contributed by atoms with van der Waals surface area (Å²) in [6.45, 7) is 0. The van der Waals surface area contributed by atoms with Gasteiger partial charge in [0.05, 0.1) is 5.92 Å². The number of hydrogen-bond acceptors (Lipinski definition) is 3. The highest BCUT2D eigenvalue weighted by Gasteiger charge is 2.42. The molecule has 0 saturated heterocycles. The molecular weight excluding hydrogens is 302 g/mol. The van der Waals surface area contributed by atoms with Crippen LogP contribution in [0.3, 0.4) is 0 Å². The van der Waals surface area contributed by atoms with Crippen molar-refractivity contribution < 1.29 is 9.59 Å². The SMILES string of the molecule is C#C[C@H]1C[C@H]1C(=O)NC1CCC(NC(=O)C2CC(N(C)C)C2)CC1. The van der Waals surface area contributed by atoms with E-state index in [0.717, 1.165) is 44.9 Å². The topological polar surface area (TPSA) is 61.4 Å². The minimum atomic E-state index is 0.0377. The number of rotatable bonds is 5. The molecule has 0 aromatic heterocycles. The first-order chi connectivity index (χ1) is 11.5. The molecule has 2 N–H and O–H groups in total. The molecule has 0 aromatic carbocycles. The average molecular weight is 331 g/mol. The minimum absolute atomic E-state index is 0.0377. The summed E-state index contributed by atoms with van der Waals surface area (Å²) in [4.78, 5) is 26.5. The second-order valence-corrected chi connectivity index (χ2v) is 7.97. The standard InChI is InChI=1S/C19H29N3O2/c1-4-12-11-17(12)19(24)21-15-7-5-14(6-8-15)20-18(23)13-9-16(10-13)22(2)3/h1,12-17H,5-11H2,2-3H3,(H,20,23)(H,21,24)/t12-,13?,14?,15?,16?,17+/m0/s1. The van der Waals surface area contributed by atoms with Crippen molar-refractivity contribution in [1.29, 1.82) is 0 Å². The van der Waals surface area contributed by atoms with Gasteiger partial charge >= 0.3 is 0 Å². The van der Waals surface area contributed by atoms with E-state index in [1.54, 1.807) is 0 Å². The number of nitrogens with one attached hydrogen (secondary N) is 2. The quantitative estimate of drug-likeness (QED) is 0.743. The van der Waals surface area contributed by atoms with Crippen LogP contribution >= 0.6 is 0 Å². The molecule has 0 spiro atoms. The van der Waals surface area contributed by atoms with E-state index in [4.69, 9.17) is 6.42 Å². The minimum Gasteiger partial charge on any atom is -0.353 e.